The highest BCUT2D eigenvalue weighted by Crippen LogP contribution is 2.28. The fourth-order valence-corrected chi connectivity index (χ4v) is 2.28. The molecule has 1 aliphatic heterocycles. The van der Waals surface area contributed by atoms with Crippen LogP contribution in [0.3, 0.4) is 0 Å². The van der Waals surface area contributed by atoms with E-state index in [4.69, 9.17) is 26.8 Å². The lowest BCUT2D eigenvalue weighted by atomic mass is 10.0. The molecule has 1 aliphatic rings. The second kappa shape index (κ2) is 6.41. The van der Waals surface area contributed by atoms with E-state index in [1.54, 1.807) is 0 Å². The van der Waals surface area contributed by atoms with Crippen molar-refractivity contribution in [1.82, 2.24) is 0 Å². The largest absolute Gasteiger partial charge is 0.492 e. The smallest absolute Gasteiger partial charge is 0.137 e. The fourth-order valence-electron chi connectivity index (χ4n) is 2.04. The van der Waals surface area contributed by atoms with Gasteiger partial charge in [0.2, 0.25) is 0 Å². The minimum Gasteiger partial charge on any atom is -0.492 e. The van der Waals surface area contributed by atoms with Gasteiger partial charge in [0.25, 0.3) is 0 Å². The third-order valence-electron chi connectivity index (χ3n) is 3.30. The molecule has 0 amide bonds. The SMILES string of the molecule is CC(N)c1ccc(OCC2CCOCC2)c(Cl)c1. The second-order valence-electron chi connectivity index (χ2n) is 4.85. The lowest BCUT2D eigenvalue weighted by molar-refractivity contribution is 0.0498. The van der Waals surface area contributed by atoms with Crippen LogP contribution in [0.15, 0.2) is 18.2 Å². The predicted molar refractivity (Wildman–Crippen MR) is 73.1 cm³/mol. The van der Waals surface area contributed by atoms with Crippen LogP contribution in [0, 0.1) is 5.92 Å². The number of nitrogens with two attached hydrogens (primary N) is 1. The van der Waals surface area contributed by atoms with Gasteiger partial charge in [-0.1, -0.05) is 17.7 Å². The van der Waals surface area contributed by atoms with Crippen molar-refractivity contribution in [2.45, 2.75) is 25.8 Å². The minimum atomic E-state index is -0.00737. The Labute approximate surface area is 113 Å². The third kappa shape index (κ3) is 3.61. The molecular formula is C14H20ClNO2. The molecule has 1 heterocycles. The topological polar surface area (TPSA) is 44.5 Å². The molecule has 1 aromatic carbocycles. The van der Waals surface area contributed by atoms with Crippen LogP contribution in [0.2, 0.25) is 5.02 Å². The molecule has 1 aromatic rings. The molecule has 1 unspecified atom stereocenters. The number of rotatable bonds is 4. The molecular weight excluding hydrogens is 250 g/mol. The molecule has 2 rings (SSSR count). The van der Waals surface area contributed by atoms with Crippen molar-refractivity contribution in [2.75, 3.05) is 19.8 Å². The normalized spacial score (nSPS) is 18.6. The van der Waals surface area contributed by atoms with Crippen molar-refractivity contribution in [3.8, 4) is 5.75 Å². The molecule has 1 atom stereocenters. The van der Waals surface area contributed by atoms with E-state index in [9.17, 15) is 0 Å². The van der Waals surface area contributed by atoms with Crippen LogP contribution >= 0.6 is 11.6 Å². The maximum atomic E-state index is 6.19. The Morgan fingerprint density at radius 3 is 2.78 bits per heavy atom. The van der Waals surface area contributed by atoms with E-state index in [0.717, 1.165) is 37.4 Å². The maximum Gasteiger partial charge on any atom is 0.137 e. The molecule has 3 nitrogen and oxygen atoms in total. The van der Waals surface area contributed by atoms with Crippen molar-refractivity contribution in [1.29, 1.82) is 0 Å². The third-order valence-corrected chi connectivity index (χ3v) is 3.59. The summed E-state index contributed by atoms with van der Waals surface area (Å²) in [5.41, 5.74) is 6.84. The van der Waals surface area contributed by atoms with E-state index in [-0.39, 0.29) is 6.04 Å². The average Bonchev–Trinajstić information content (AvgIpc) is 2.38. The van der Waals surface area contributed by atoms with Gasteiger partial charge < -0.3 is 15.2 Å². The van der Waals surface area contributed by atoms with Gasteiger partial charge in [-0.15, -0.1) is 0 Å². The van der Waals surface area contributed by atoms with Gasteiger partial charge in [0.05, 0.1) is 11.6 Å². The summed E-state index contributed by atoms with van der Waals surface area (Å²) < 4.78 is 11.1. The average molecular weight is 270 g/mol. The van der Waals surface area contributed by atoms with Crippen molar-refractivity contribution in [3.63, 3.8) is 0 Å². The van der Waals surface area contributed by atoms with Crippen LogP contribution in [0.4, 0.5) is 0 Å². The van der Waals surface area contributed by atoms with Gasteiger partial charge in [0.15, 0.2) is 0 Å². The van der Waals surface area contributed by atoms with Crippen LogP contribution in [-0.2, 0) is 4.74 Å². The van der Waals surface area contributed by atoms with E-state index in [0.29, 0.717) is 17.5 Å². The summed E-state index contributed by atoms with van der Waals surface area (Å²) >= 11 is 6.19. The molecule has 0 aliphatic carbocycles. The van der Waals surface area contributed by atoms with Gasteiger partial charge in [-0.25, -0.2) is 0 Å². The molecule has 0 radical (unpaired) electrons. The Hall–Kier alpha value is -0.770. The van der Waals surface area contributed by atoms with E-state index < -0.39 is 0 Å². The van der Waals surface area contributed by atoms with Crippen LogP contribution < -0.4 is 10.5 Å². The zero-order valence-electron chi connectivity index (χ0n) is 10.7. The van der Waals surface area contributed by atoms with Gasteiger partial charge in [0, 0.05) is 19.3 Å². The molecule has 1 fully saturated rings. The molecule has 0 spiro atoms. The highest BCUT2D eigenvalue weighted by Gasteiger charge is 2.15. The Bertz CT molecular complexity index is 389. The highest BCUT2D eigenvalue weighted by atomic mass is 35.5. The standard InChI is InChI=1S/C14H20ClNO2/c1-10(16)12-2-3-14(13(15)8-12)18-9-11-4-6-17-7-5-11/h2-3,8,10-11H,4-7,9,16H2,1H3. The van der Waals surface area contributed by atoms with Crippen LogP contribution in [0.1, 0.15) is 31.4 Å². The molecule has 18 heavy (non-hydrogen) atoms. The second-order valence-corrected chi connectivity index (χ2v) is 5.25. The first kappa shape index (κ1) is 13.7. The van der Waals surface area contributed by atoms with Crippen molar-refractivity contribution in [2.24, 2.45) is 11.7 Å². The van der Waals surface area contributed by atoms with E-state index in [1.807, 2.05) is 25.1 Å². The van der Waals surface area contributed by atoms with Crippen molar-refractivity contribution < 1.29 is 9.47 Å². The Morgan fingerprint density at radius 2 is 2.17 bits per heavy atom. The lowest BCUT2D eigenvalue weighted by Gasteiger charge is -2.22. The number of benzene rings is 1. The van der Waals surface area contributed by atoms with Gasteiger partial charge in [-0.05, 0) is 43.4 Å². The van der Waals surface area contributed by atoms with Gasteiger partial charge in [-0.2, -0.15) is 0 Å². The van der Waals surface area contributed by atoms with E-state index >= 15 is 0 Å². The summed E-state index contributed by atoms with van der Waals surface area (Å²) in [6.07, 6.45) is 2.13. The van der Waals surface area contributed by atoms with Crippen molar-refractivity contribution in [3.05, 3.63) is 28.8 Å². The Morgan fingerprint density at radius 1 is 1.44 bits per heavy atom. The zero-order valence-corrected chi connectivity index (χ0v) is 11.5. The first-order valence-corrected chi connectivity index (χ1v) is 6.80. The van der Waals surface area contributed by atoms with E-state index in [2.05, 4.69) is 0 Å². The molecule has 4 heteroatoms. The first-order valence-electron chi connectivity index (χ1n) is 6.42. The summed E-state index contributed by atoms with van der Waals surface area (Å²) in [4.78, 5) is 0. The molecule has 1 saturated heterocycles. The molecule has 0 bridgehead atoms. The Kier molecular flexibility index (Phi) is 4.87. The van der Waals surface area contributed by atoms with Crippen LogP contribution in [-0.4, -0.2) is 19.8 Å². The molecule has 100 valence electrons. The number of hydrogen-bond donors (Lipinski definition) is 1. The minimum absolute atomic E-state index is 0.00737. The van der Waals surface area contributed by atoms with Crippen molar-refractivity contribution >= 4 is 11.6 Å². The molecule has 0 saturated carbocycles. The zero-order chi connectivity index (χ0) is 13.0. The number of hydrogen-bond acceptors (Lipinski definition) is 3. The number of ether oxygens (including phenoxy) is 2. The summed E-state index contributed by atoms with van der Waals surface area (Å²) in [7, 11) is 0. The Balaban J connectivity index is 1.92. The van der Waals surface area contributed by atoms with Crippen LogP contribution in [0.5, 0.6) is 5.75 Å². The molecule has 0 aromatic heterocycles. The lowest BCUT2D eigenvalue weighted by Crippen LogP contribution is -2.21. The first-order chi connectivity index (χ1) is 8.66. The molecule has 2 N–H and O–H groups in total. The van der Waals surface area contributed by atoms with Gasteiger partial charge >= 0.3 is 0 Å². The summed E-state index contributed by atoms with van der Waals surface area (Å²) in [6.45, 7) is 4.32. The summed E-state index contributed by atoms with van der Waals surface area (Å²) in [5.74, 6) is 1.32. The summed E-state index contributed by atoms with van der Waals surface area (Å²) in [5, 5.41) is 0.636. The van der Waals surface area contributed by atoms with Gasteiger partial charge in [-0.3, -0.25) is 0 Å². The monoisotopic (exact) mass is 269 g/mol. The van der Waals surface area contributed by atoms with E-state index in [1.165, 1.54) is 0 Å². The fraction of sp³-hybridized carbons (Fsp3) is 0.571. The maximum absolute atomic E-state index is 6.19. The summed E-state index contributed by atoms with van der Waals surface area (Å²) in [6, 6.07) is 5.74. The van der Waals surface area contributed by atoms with Gasteiger partial charge in [0.1, 0.15) is 5.75 Å². The number of halogens is 1. The highest BCUT2D eigenvalue weighted by molar-refractivity contribution is 6.32. The van der Waals surface area contributed by atoms with Crippen LogP contribution in [0.25, 0.3) is 0 Å². The quantitative estimate of drug-likeness (QED) is 0.913. The predicted octanol–water partition coefficient (Wildman–Crippen LogP) is 3.17.